The maximum Gasteiger partial charge on any atom is 0.419 e. The Labute approximate surface area is 91.7 Å². The first-order valence-corrected chi connectivity index (χ1v) is 4.81. The molecule has 0 heterocycles. The highest BCUT2D eigenvalue weighted by molar-refractivity contribution is 5.37. The van der Waals surface area contributed by atoms with E-state index in [2.05, 4.69) is 0 Å². The van der Waals surface area contributed by atoms with Crippen LogP contribution in [-0.4, -0.2) is 11.2 Å². The summed E-state index contributed by atoms with van der Waals surface area (Å²) in [5.74, 6) is -0.763. The molecular formula is C11H13F3O2. The summed E-state index contributed by atoms with van der Waals surface area (Å²) in [5.41, 5.74) is -0.642. The molecule has 1 aromatic carbocycles. The van der Waals surface area contributed by atoms with Crippen LogP contribution in [0.5, 0.6) is 5.75 Å². The van der Waals surface area contributed by atoms with Crippen molar-refractivity contribution in [2.45, 2.75) is 32.7 Å². The van der Waals surface area contributed by atoms with Crippen LogP contribution in [0.3, 0.4) is 0 Å². The Morgan fingerprint density at radius 2 is 1.94 bits per heavy atom. The lowest BCUT2D eigenvalue weighted by Gasteiger charge is -2.12. The van der Waals surface area contributed by atoms with Gasteiger partial charge in [0.05, 0.1) is 18.3 Å². The molecule has 0 aliphatic carbocycles. The van der Waals surface area contributed by atoms with Crippen molar-refractivity contribution in [3.8, 4) is 5.75 Å². The van der Waals surface area contributed by atoms with E-state index in [-0.39, 0.29) is 12.7 Å². The molecule has 1 aromatic rings. The molecule has 0 aromatic heterocycles. The van der Waals surface area contributed by atoms with Crippen LogP contribution in [0.1, 0.15) is 25.0 Å². The molecule has 90 valence electrons. The number of hydrogen-bond donors (Lipinski definition) is 1. The minimum absolute atomic E-state index is 0.0526. The zero-order chi connectivity index (χ0) is 12.3. The highest BCUT2D eigenvalue weighted by Crippen LogP contribution is 2.36. The third kappa shape index (κ3) is 3.41. The Morgan fingerprint density at radius 3 is 2.44 bits per heavy atom. The Bertz CT molecular complexity index is 359. The van der Waals surface area contributed by atoms with E-state index in [0.29, 0.717) is 5.56 Å². The second-order valence-corrected chi connectivity index (χ2v) is 3.71. The highest BCUT2D eigenvalue weighted by Gasteiger charge is 2.33. The van der Waals surface area contributed by atoms with Gasteiger partial charge in [-0.3, -0.25) is 0 Å². The number of alkyl halides is 3. The second-order valence-electron chi connectivity index (χ2n) is 3.71. The van der Waals surface area contributed by atoms with Crippen molar-refractivity contribution in [3.63, 3.8) is 0 Å². The number of hydrogen-bond acceptors (Lipinski definition) is 2. The summed E-state index contributed by atoms with van der Waals surface area (Å²) in [6, 6.07) is 3.34. The standard InChI is InChI=1S/C11H13F3O2/c1-7(2)16-6-8-3-4-10(15)9(5-8)11(12,13)14/h3-5,7,15H,6H2,1-2H3. The molecule has 0 spiro atoms. The molecule has 1 N–H and O–H groups in total. The van der Waals surface area contributed by atoms with Crippen LogP contribution in [0.4, 0.5) is 13.2 Å². The van der Waals surface area contributed by atoms with Gasteiger partial charge in [-0.15, -0.1) is 0 Å². The molecule has 16 heavy (non-hydrogen) atoms. The number of rotatable bonds is 3. The van der Waals surface area contributed by atoms with Gasteiger partial charge in [0.15, 0.2) is 0 Å². The molecule has 0 fully saturated rings. The van der Waals surface area contributed by atoms with Gasteiger partial charge in [0, 0.05) is 0 Å². The zero-order valence-corrected chi connectivity index (χ0v) is 9.01. The molecule has 0 aliphatic rings. The number of halogens is 3. The third-order valence-electron chi connectivity index (χ3n) is 1.95. The fourth-order valence-corrected chi connectivity index (χ4v) is 1.16. The average molecular weight is 234 g/mol. The molecule has 0 saturated heterocycles. The molecule has 0 unspecified atom stereocenters. The lowest BCUT2D eigenvalue weighted by atomic mass is 10.1. The van der Waals surface area contributed by atoms with Crippen LogP contribution in [0.15, 0.2) is 18.2 Å². The van der Waals surface area contributed by atoms with Crippen molar-refractivity contribution < 1.29 is 23.0 Å². The molecule has 2 nitrogen and oxygen atoms in total. The predicted molar refractivity (Wildman–Crippen MR) is 53.0 cm³/mol. The van der Waals surface area contributed by atoms with E-state index >= 15 is 0 Å². The van der Waals surface area contributed by atoms with E-state index in [1.165, 1.54) is 6.07 Å². The van der Waals surface area contributed by atoms with Gasteiger partial charge in [-0.05, 0) is 31.5 Å². The normalized spacial score (nSPS) is 12.1. The van der Waals surface area contributed by atoms with Crippen molar-refractivity contribution in [1.29, 1.82) is 0 Å². The van der Waals surface area contributed by atoms with Crippen LogP contribution in [0.2, 0.25) is 0 Å². The maximum atomic E-state index is 12.4. The quantitative estimate of drug-likeness (QED) is 0.869. The van der Waals surface area contributed by atoms with Crippen molar-refractivity contribution >= 4 is 0 Å². The molecule has 5 heteroatoms. The fraction of sp³-hybridized carbons (Fsp3) is 0.455. The van der Waals surface area contributed by atoms with E-state index in [9.17, 15) is 13.2 Å². The number of aromatic hydroxyl groups is 1. The number of phenols is 1. The molecular weight excluding hydrogens is 221 g/mol. The summed E-state index contributed by atoms with van der Waals surface area (Å²) >= 11 is 0. The summed E-state index contributed by atoms with van der Waals surface area (Å²) in [5, 5.41) is 9.09. The van der Waals surface area contributed by atoms with Crippen molar-refractivity contribution in [1.82, 2.24) is 0 Å². The van der Waals surface area contributed by atoms with Gasteiger partial charge in [-0.25, -0.2) is 0 Å². The molecule has 0 aliphatic heterocycles. The predicted octanol–water partition coefficient (Wildman–Crippen LogP) is 3.34. The van der Waals surface area contributed by atoms with Crippen molar-refractivity contribution in [3.05, 3.63) is 29.3 Å². The molecule has 0 radical (unpaired) electrons. The Hall–Kier alpha value is -1.23. The van der Waals surface area contributed by atoms with Crippen LogP contribution in [0.25, 0.3) is 0 Å². The lowest BCUT2D eigenvalue weighted by molar-refractivity contribution is -0.138. The van der Waals surface area contributed by atoms with E-state index in [1.807, 2.05) is 0 Å². The number of ether oxygens (including phenoxy) is 1. The largest absolute Gasteiger partial charge is 0.507 e. The SMILES string of the molecule is CC(C)OCc1ccc(O)c(C(F)(F)F)c1. The maximum absolute atomic E-state index is 12.4. The minimum atomic E-state index is -4.54. The lowest BCUT2D eigenvalue weighted by Crippen LogP contribution is -2.07. The molecule has 0 atom stereocenters. The molecule has 1 rings (SSSR count). The van der Waals surface area contributed by atoms with Gasteiger partial charge < -0.3 is 9.84 Å². The highest BCUT2D eigenvalue weighted by atomic mass is 19.4. The molecule has 0 amide bonds. The smallest absolute Gasteiger partial charge is 0.419 e. The monoisotopic (exact) mass is 234 g/mol. The molecule has 0 bridgehead atoms. The van der Waals surface area contributed by atoms with E-state index in [0.717, 1.165) is 12.1 Å². The Morgan fingerprint density at radius 1 is 1.31 bits per heavy atom. The Kier molecular flexibility index (Phi) is 3.80. The van der Waals surface area contributed by atoms with E-state index < -0.39 is 17.5 Å². The first-order chi connectivity index (χ1) is 7.30. The molecule has 0 saturated carbocycles. The topological polar surface area (TPSA) is 29.5 Å². The van der Waals surface area contributed by atoms with Gasteiger partial charge in [0.2, 0.25) is 0 Å². The van der Waals surface area contributed by atoms with Crippen LogP contribution in [0, 0.1) is 0 Å². The summed E-state index contributed by atoms with van der Waals surface area (Å²) < 4.78 is 42.5. The van der Waals surface area contributed by atoms with Crippen LogP contribution in [-0.2, 0) is 17.5 Å². The van der Waals surface area contributed by atoms with Crippen LogP contribution < -0.4 is 0 Å². The first kappa shape index (κ1) is 12.8. The van der Waals surface area contributed by atoms with Gasteiger partial charge in [0.25, 0.3) is 0 Å². The second kappa shape index (κ2) is 4.74. The third-order valence-corrected chi connectivity index (χ3v) is 1.95. The Balaban J connectivity index is 2.90. The minimum Gasteiger partial charge on any atom is -0.507 e. The first-order valence-electron chi connectivity index (χ1n) is 4.81. The summed E-state index contributed by atoms with van der Waals surface area (Å²) in [7, 11) is 0. The van der Waals surface area contributed by atoms with Gasteiger partial charge in [-0.2, -0.15) is 13.2 Å². The van der Waals surface area contributed by atoms with Gasteiger partial charge in [-0.1, -0.05) is 6.07 Å². The average Bonchev–Trinajstić information content (AvgIpc) is 2.14. The van der Waals surface area contributed by atoms with Crippen molar-refractivity contribution in [2.24, 2.45) is 0 Å². The zero-order valence-electron chi connectivity index (χ0n) is 9.01. The van der Waals surface area contributed by atoms with E-state index in [1.54, 1.807) is 13.8 Å². The summed E-state index contributed by atoms with van der Waals surface area (Å²) in [4.78, 5) is 0. The summed E-state index contributed by atoms with van der Waals surface area (Å²) in [6.07, 6.45) is -4.60. The summed E-state index contributed by atoms with van der Waals surface area (Å²) in [6.45, 7) is 3.69. The van der Waals surface area contributed by atoms with Crippen LogP contribution >= 0.6 is 0 Å². The van der Waals surface area contributed by atoms with E-state index in [4.69, 9.17) is 9.84 Å². The number of phenolic OH excluding ortho intramolecular Hbond substituents is 1. The fourth-order valence-electron chi connectivity index (χ4n) is 1.16. The number of benzene rings is 1. The van der Waals surface area contributed by atoms with Crippen molar-refractivity contribution in [2.75, 3.05) is 0 Å². The van der Waals surface area contributed by atoms with Gasteiger partial charge >= 0.3 is 6.18 Å². The van der Waals surface area contributed by atoms with Gasteiger partial charge in [0.1, 0.15) is 5.75 Å².